The molecule has 1 N–H and O–H groups in total. The van der Waals surface area contributed by atoms with Crippen LogP contribution in [0.4, 0.5) is 5.69 Å². The van der Waals surface area contributed by atoms with Gasteiger partial charge in [0.25, 0.3) is 5.91 Å². The number of ether oxygens (including phenoxy) is 1. The van der Waals surface area contributed by atoms with E-state index >= 15 is 0 Å². The van der Waals surface area contributed by atoms with Crippen molar-refractivity contribution in [2.24, 2.45) is 0 Å². The van der Waals surface area contributed by atoms with Gasteiger partial charge in [0.15, 0.2) is 12.4 Å². The average Bonchev–Trinajstić information content (AvgIpc) is 3.07. The number of halogens is 1. The number of hydrogen-bond acceptors (Lipinski definition) is 5. The van der Waals surface area contributed by atoms with Crippen LogP contribution in [0.3, 0.4) is 0 Å². The first-order valence-electron chi connectivity index (χ1n) is 10.7. The second kappa shape index (κ2) is 8.96. The second-order valence-corrected chi connectivity index (χ2v) is 8.17. The summed E-state index contributed by atoms with van der Waals surface area (Å²) in [4.78, 5) is 16.9. The quantitative estimate of drug-likeness (QED) is 0.471. The first-order valence-corrected chi connectivity index (χ1v) is 11.1. The number of carbonyl (C=O) groups is 1. The zero-order valence-corrected chi connectivity index (χ0v) is 18.2. The van der Waals surface area contributed by atoms with E-state index in [2.05, 4.69) is 25.1 Å². The van der Waals surface area contributed by atoms with E-state index in [1.165, 1.54) is 6.42 Å². The maximum atomic E-state index is 12.5. The lowest BCUT2D eigenvalue weighted by Crippen LogP contribution is -2.20. The summed E-state index contributed by atoms with van der Waals surface area (Å²) in [6, 6.07) is 14.8. The van der Waals surface area contributed by atoms with E-state index in [-0.39, 0.29) is 12.5 Å². The van der Waals surface area contributed by atoms with Crippen LogP contribution in [0.15, 0.2) is 54.7 Å². The number of rotatable bonds is 5. The molecule has 3 heterocycles. The molecule has 1 aliphatic rings. The van der Waals surface area contributed by atoms with Crippen molar-refractivity contribution in [3.63, 3.8) is 0 Å². The number of aryl methyl sites for hydroxylation is 1. The summed E-state index contributed by atoms with van der Waals surface area (Å²) < 4.78 is 7.93. The maximum Gasteiger partial charge on any atom is 0.262 e. The first-order chi connectivity index (χ1) is 15.7. The molecule has 0 bridgehead atoms. The molecule has 8 heteroatoms. The molecular formula is C24H22ClN5O2. The molecule has 0 radical (unpaired) electrons. The van der Waals surface area contributed by atoms with Crippen molar-refractivity contribution in [3.05, 3.63) is 65.6 Å². The monoisotopic (exact) mass is 447 g/mol. The fourth-order valence-electron chi connectivity index (χ4n) is 4.00. The van der Waals surface area contributed by atoms with Crippen molar-refractivity contribution < 1.29 is 9.53 Å². The summed E-state index contributed by atoms with van der Waals surface area (Å²) in [5.41, 5.74) is 2.24. The standard InChI is InChI=1S/C24H22ClN5O2/c25-19-10-11-20(23-18(19)8-5-12-26-23)32-15-22(31)27-17-7-4-6-16(14-17)24-29-28-21-9-2-1-3-13-30(21)24/h4-8,10-12,14H,1-3,9,13,15H2,(H,27,31). The van der Waals surface area contributed by atoms with Crippen molar-refractivity contribution in [2.75, 3.05) is 11.9 Å². The van der Waals surface area contributed by atoms with E-state index in [1.54, 1.807) is 18.3 Å². The Morgan fingerprint density at radius 1 is 1.09 bits per heavy atom. The number of hydrogen-bond donors (Lipinski definition) is 1. The predicted octanol–water partition coefficient (Wildman–Crippen LogP) is 4.89. The van der Waals surface area contributed by atoms with E-state index < -0.39 is 0 Å². The SMILES string of the molecule is O=C(COc1ccc(Cl)c2cccnc12)Nc1cccc(-c2nnc3n2CCCCC3)c1. The molecule has 7 nitrogen and oxygen atoms in total. The van der Waals surface area contributed by atoms with Gasteiger partial charge in [0.05, 0.1) is 5.02 Å². The molecule has 2 aromatic heterocycles. The Bertz CT molecular complexity index is 1290. The molecule has 0 atom stereocenters. The van der Waals surface area contributed by atoms with Crippen molar-refractivity contribution in [1.29, 1.82) is 0 Å². The highest BCUT2D eigenvalue weighted by molar-refractivity contribution is 6.35. The largest absolute Gasteiger partial charge is 0.481 e. The molecule has 0 saturated carbocycles. The van der Waals surface area contributed by atoms with Gasteiger partial charge in [-0.3, -0.25) is 9.78 Å². The third-order valence-electron chi connectivity index (χ3n) is 5.55. The van der Waals surface area contributed by atoms with E-state index in [0.717, 1.165) is 48.4 Å². The lowest BCUT2D eigenvalue weighted by atomic mass is 10.2. The van der Waals surface area contributed by atoms with E-state index in [1.807, 2.05) is 36.4 Å². The molecule has 5 rings (SSSR count). The van der Waals surface area contributed by atoms with Crippen LogP contribution in [0.5, 0.6) is 5.75 Å². The zero-order chi connectivity index (χ0) is 21.9. The topological polar surface area (TPSA) is 81.9 Å². The van der Waals surface area contributed by atoms with Gasteiger partial charge in [0.2, 0.25) is 0 Å². The summed E-state index contributed by atoms with van der Waals surface area (Å²) in [6.07, 6.45) is 6.10. The van der Waals surface area contributed by atoms with Gasteiger partial charge in [0, 0.05) is 35.8 Å². The van der Waals surface area contributed by atoms with Crippen molar-refractivity contribution in [3.8, 4) is 17.1 Å². The van der Waals surface area contributed by atoms with Gasteiger partial charge in [-0.2, -0.15) is 0 Å². The average molecular weight is 448 g/mol. The van der Waals surface area contributed by atoms with Gasteiger partial charge in [-0.15, -0.1) is 10.2 Å². The first kappa shape index (κ1) is 20.5. The molecule has 0 spiro atoms. The van der Waals surface area contributed by atoms with Gasteiger partial charge in [-0.1, -0.05) is 30.2 Å². The molecule has 2 aromatic carbocycles. The van der Waals surface area contributed by atoms with Crippen molar-refractivity contribution in [1.82, 2.24) is 19.7 Å². The van der Waals surface area contributed by atoms with Crippen LogP contribution in [-0.2, 0) is 17.8 Å². The normalized spacial score (nSPS) is 13.4. The summed E-state index contributed by atoms with van der Waals surface area (Å²) in [5.74, 6) is 2.12. The molecule has 1 amide bonds. The highest BCUT2D eigenvalue weighted by Gasteiger charge is 2.16. The summed E-state index contributed by atoms with van der Waals surface area (Å²) in [6.45, 7) is 0.781. The number of pyridine rings is 1. The van der Waals surface area contributed by atoms with Gasteiger partial charge in [0.1, 0.15) is 17.1 Å². The minimum Gasteiger partial charge on any atom is -0.481 e. The molecular weight excluding hydrogens is 426 g/mol. The Morgan fingerprint density at radius 2 is 2.03 bits per heavy atom. The number of benzene rings is 2. The Morgan fingerprint density at radius 3 is 2.97 bits per heavy atom. The summed E-state index contributed by atoms with van der Waals surface area (Å²) in [7, 11) is 0. The minimum atomic E-state index is -0.263. The summed E-state index contributed by atoms with van der Waals surface area (Å²) >= 11 is 6.22. The molecule has 0 unspecified atom stereocenters. The zero-order valence-electron chi connectivity index (χ0n) is 17.4. The Balaban J connectivity index is 1.29. The molecule has 0 fully saturated rings. The van der Waals surface area contributed by atoms with Crippen LogP contribution in [0.2, 0.25) is 5.02 Å². The molecule has 0 saturated heterocycles. The van der Waals surface area contributed by atoms with Crippen LogP contribution >= 0.6 is 11.6 Å². The van der Waals surface area contributed by atoms with Gasteiger partial charge >= 0.3 is 0 Å². The molecule has 32 heavy (non-hydrogen) atoms. The number of anilines is 1. The number of nitrogens with one attached hydrogen (secondary N) is 1. The fourth-order valence-corrected chi connectivity index (χ4v) is 4.22. The van der Waals surface area contributed by atoms with Gasteiger partial charge in [-0.25, -0.2) is 0 Å². The highest BCUT2D eigenvalue weighted by Crippen LogP contribution is 2.30. The van der Waals surface area contributed by atoms with Crippen LogP contribution in [0.1, 0.15) is 25.1 Å². The van der Waals surface area contributed by atoms with Gasteiger partial charge < -0.3 is 14.6 Å². The minimum absolute atomic E-state index is 0.141. The van der Waals surface area contributed by atoms with E-state index in [0.29, 0.717) is 22.0 Å². The van der Waals surface area contributed by atoms with Crippen molar-refractivity contribution in [2.45, 2.75) is 32.2 Å². The second-order valence-electron chi connectivity index (χ2n) is 7.76. The smallest absolute Gasteiger partial charge is 0.262 e. The van der Waals surface area contributed by atoms with Crippen LogP contribution in [0, 0.1) is 0 Å². The van der Waals surface area contributed by atoms with Crippen LogP contribution < -0.4 is 10.1 Å². The lowest BCUT2D eigenvalue weighted by Gasteiger charge is -2.11. The number of fused-ring (bicyclic) bond motifs is 2. The Labute approximate surface area is 190 Å². The molecule has 162 valence electrons. The Hall–Kier alpha value is -3.45. The predicted molar refractivity (Wildman–Crippen MR) is 124 cm³/mol. The van der Waals surface area contributed by atoms with Crippen molar-refractivity contribution >= 4 is 34.1 Å². The highest BCUT2D eigenvalue weighted by atomic mass is 35.5. The van der Waals surface area contributed by atoms with E-state index in [4.69, 9.17) is 16.3 Å². The number of carbonyl (C=O) groups excluding carboxylic acids is 1. The third kappa shape index (κ3) is 4.16. The lowest BCUT2D eigenvalue weighted by molar-refractivity contribution is -0.118. The Kier molecular flexibility index (Phi) is 5.73. The fraction of sp³-hybridized carbons (Fsp3) is 0.250. The number of nitrogens with zero attached hydrogens (tertiary/aromatic N) is 4. The number of aromatic nitrogens is 4. The molecule has 0 aliphatic carbocycles. The van der Waals surface area contributed by atoms with Gasteiger partial charge in [-0.05, 0) is 49.2 Å². The van der Waals surface area contributed by atoms with Crippen LogP contribution in [-0.4, -0.2) is 32.3 Å². The van der Waals surface area contributed by atoms with Crippen LogP contribution in [0.25, 0.3) is 22.3 Å². The molecule has 1 aliphatic heterocycles. The van der Waals surface area contributed by atoms with E-state index in [9.17, 15) is 4.79 Å². The number of amides is 1. The molecule has 4 aromatic rings. The third-order valence-corrected chi connectivity index (χ3v) is 5.88. The summed E-state index contributed by atoms with van der Waals surface area (Å²) in [5, 5.41) is 13.0. The maximum absolute atomic E-state index is 12.5.